The van der Waals surface area contributed by atoms with Gasteiger partial charge in [-0.15, -0.1) is 0 Å². The Kier molecular flexibility index (Phi) is 6.55. The molecule has 3 aromatic rings. The lowest BCUT2D eigenvalue weighted by Crippen LogP contribution is -2.30. The van der Waals surface area contributed by atoms with E-state index in [1.54, 1.807) is 13.3 Å². The molecule has 0 saturated heterocycles. The molecule has 146 valence electrons. The first-order chi connectivity index (χ1) is 13.6. The zero-order chi connectivity index (χ0) is 19.9. The molecule has 0 fully saturated rings. The third-order valence-corrected chi connectivity index (χ3v) is 4.50. The number of fused-ring (bicyclic) bond motifs is 1. The van der Waals surface area contributed by atoms with E-state index in [4.69, 9.17) is 16.3 Å². The van der Waals surface area contributed by atoms with Gasteiger partial charge < -0.3 is 20.7 Å². The number of halogens is 1. The first-order valence-electron chi connectivity index (χ1n) is 9.04. The predicted molar refractivity (Wildman–Crippen MR) is 115 cm³/mol. The molecule has 6 nitrogen and oxygen atoms in total. The van der Waals surface area contributed by atoms with Crippen molar-refractivity contribution < 1.29 is 9.53 Å². The predicted octanol–water partition coefficient (Wildman–Crippen LogP) is 4.83. The van der Waals surface area contributed by atoms with Crippen molar-refractivity contribution in [3.63, 3.8) is 0 Å². The van der Waals surface area contributed by atoms with Crippen LogP contribution in [-0.2, 0) is 0 Å². The number of hydrogen-bond acceptors (Lipinski definition) is 4. The van der Waals surface area contributed by atoms with Gasteiger partial charge in [0, 0.05) is 35.4 Å². The lowest BCUT2D eigenvalue weighted by molar-refractivity contribution is 0.252. The van der Waals surface area contributed by atoms with Crippen LogP contribution < -0.4 is 20.7 Å². The van der Waals surface area contributed by atoms with Crippen molar-refractivity contribution in [2.75, 3.05) is 30.8 Å². The molecule has 0 unspecified atom stereocenters. The summed E-state index contributed by atoms with van der Waals surface area (Å²) in [4.78, 5) is 16.4. The number of carbonyl (C=O) groups is 1. The number of rotatable bonds is 7. The Morgan fingerprint density at radius 3 is 2.79 bits per heavy atom. The molecule has 0 aliphatic rings. The average Bonchev–Trinajstić information content (AvgIpc) is 2.68. The van der Waals surface area contributed by atoms with Crippen LogP contribution in [0, 0.1) is 6.92 Å². The molecular formula is C21H23ClN4O2. The highest BCUT2D eigenvalue weighted by atomic mass is 35.5. The molecule has 3 N–H and O–H groups in total. The number of benzene rings is 2. The summed E-state index contributed by atoms with van der Waals surface area (Å²) in [6.45, 7) is 3.23. The van der Waals surface area contributed by atoms with Gasteiger partial charge in [0.1, 0.15) is 5.75 Å². The molecule has 2 amide bonds. The fourth-order valence-electron chi connectivity index (χ4n) is 2.86. The Labute approximate surface area is 169 Å². The van der Waals surface area contributed by atoms with Crippen LogP contribution in [0.2, 0.25) is 5.02 Å². The maximum atomic E-state index is 12.1. The van der Waals surface area contributed by atoms with Gasteiger partial charge in [0.2, 0.25) is 0 Å². The van der Waals surface area contributed by atoms with Crippen molar-refractivity contribution in [2.45, 2.75) is 13.3 Å². The van der Waals surface area contributed by atoms with Crippen LogP contribution in [0.1, 0.15) is 12.0 Å². The number of amides is 2. The largest absolute Gasteiger partial charge is 0.495 e. The van der Waals surface area contributed by atoms with Gasteiger partial charge in [-0.05, 0) is 55.3 Å². The highest BCUT2D eigenvalue weighted by Crippen LogP contribution is 2.25. The fourth-order valence-corrected chi connectivity index (χ4v) is 3.02. The normalized spacial score (nSPS) is 10.5. The molecule has 0 saturated carbocycles. The summed E-state index contributed by atoms with van der Waals surface area (Å²) in [7, 11) is 1.58. The molecule has 0 radical (unpaired) electrons. The second kappa shape index (κ2) is 9.28. The van der Waals surface area contributed by atoms with E-state index in [0.717, 1.165) is 35.1 Å². The maximum Gasteiger partial charge on any atom is 0.319 e. The summed E-state index contributed by atoms with van der Waals surface area (Å²) in [6, 6.07) is 12.9. The lowest BCUT2D eigenvalue weighted by atomic mass is 10.2. The third-order valence-electron chi connectivity index (χ3n) is 4.26. The summed E-state index contributed by atoms with van der Waals surface area (Å²) in [5.41, 5.74) is 3.56. The molecular weight excluding hydrogens is 376 g/mol. The zero-order valence-electron chi connectivity index (χ0n) is 15.9. The number of nitrogens with zero attached hydrogens (tertiary/aromatic N) is 1. The van der Waals surface area contributed by atoms with Gasteiger partial charge >= 0.3 is 6.03 Å². The summed E-state index contributed by atoms with van der Waals surface area (Å²) in [5.74, 6) is 0.640. The van der Waals surface area contributed by atoms with Gasteiger partial charge in [-0.25, -0.2) is 4.79 Å². The first kappa shape index (κ1) is 19.8. The number of aryl methyl sites for hydroxylation is 1. The number of anilines is 2. The van der Waals surface area contributed by atoms with Gasteiger partial charge in [0.15, 0.2) is 0 Å². The smallest absolute Gasteiger partial charge is 0.319 e. The van der Waals surface area contributed by atoms with Crippen LogP contribution in [0.4, 0.5) is 16.2 Å². The number of methoxy groups -OCH3 is 1. The van der Waals surface area contributed by atoms with E-state index in [1.807, 2.05) is 49.4 Å². The van der Waals surface area contributed by atoms with E-state index in [9.17, 15) is 4.79 Å². The minimum Gasteiger partial charge on any atom is -0.495 e. The van der Waals surface area contributed by atoms with Crippen LogP contribution >= 0.6 is 11.6 Å². The highest BCUT2D eigenvalue weighted by Gasteiger charge is 2.07. The minimum atomic E-state index is -0.258. The molecule has 0 bridgehead atoms. The van der Waals surface area contributed by atoms with Crippen molar-refractivity contribution in [1.82, 2.24) is 10.3 Å². The third kappa shape index (κ3) is 5.04. The molecule has 0 atom stereocenters. The SMILES string of the molecule is COc1cc(C)ccc1NC(=O)NCCCNc1ccnc2cc(Cl)ccc12. The Balaban J connectivity index is 1.46. The Hall–Kier alpha value is -2.99. The molecule has 2 aromatic carbocycles. The average molecular weight is 399 g/mol. The number of nitrogens with one attached hydrogen (secondary N) is 3. The highest BCUT2D eigenvalue weighted by molar-refractivity contribution is 6.31. The summed E-state index contributed by atoms with van der Waals surface area (Å²) in [5, 5.41) is 10.7. The van der Waals surface area contributed by atoms with Crippen molar-refractivity contribution >= 4 is 39.9 Å². The Morgan fingerprint density at radius 2 is 1.96 bits per heavy atom. The number of pyridine rings is 1. The standard InChI is InChI=1S/C21H23ClN4O2/c1-14-4-7-18(20(12-14)28-2)26-21(27)25-10-3-9-23-17-8-11-24-19-13-15(22)5-6-16(17)19/h4-8,11-13H,3,9-10H2,1-2H3,(H,23,24)(H2,25,26,27). The van der Waals surface area contributed by atoms with Crippen LogP contribution in [0.5, 0.6) is 5.75 Å². The number of hydrogen-bond donors (Lipinski definition) is 3. The van der Waals surface area contributed by atoms with E-state index in [2.05, 4.69) is 20.9 Å². The van der Waals surface area contributed by atoms with Gasteiger partial charge in [-0.3, -0.25) is 4.98 Å². The van der Waals surface area contributed by atoms with Crippen LogP contribution in [-0.4, -0.2) is 31.2 Å². The van der Waals surface area contributed by atoms with E-state index in [1.165, 1.54) is 0 Å². The first-order valence-corrected chi connectivity index (χ1v) is 9.42. The molecule has 3 rings (SSSR count). The second-order valence-corrected chi connectivity index (χ2v) is 6.82. The zero-order valence-corrected chi connectivity index (χ0v) is 16.6. The molecule has 0 aliphatic heterocycles. The van der Waals surface area contributed by atoms with Crippen LogP contribution in [0.15, 0.2) is 48.7 Å². The second-order valence-electron chi connectivity index (χ2n) is 6.38. The van der Waals surface area contributed by atoms with Gasteiger partial charge in [-0.2, -0.15) is 0 Å². The molecule has 0 aliphatic carbocycles. The number of urea groups is 1. The van der Waals surface area contributed by atoms with Gasteiger partial charge in [0.05, 0.1) is 18.3 Å². The summed E-state index contributed by atoms with van der Waals surface area (Å²) in [6.07, 6.45) is 2.53. The van der Waals surface area contributed by atoms with Gasteiger partial charge in [0.25, 0.3) is 0 Å². The van der Waals surface area contributed by atoms with Crippen LogP contribution in [0.3, 0.4) is 0 Å². The van der Waals surface area contributed by atoms with Crippen molar-refractivity contribution in [2.24, 2.45) is 0 Å². The summed E-state index contributed by atoms with van der Waals surface area (Å²) >= 11 is 6.02. The number of ether oxygens (including phenoxy) is 1. The molecule has 28 heavy (non-hydrogen) atoms. The van der Waals surface area contributed by atoms with Crippen LogP contribution in [0.25, 0.3) is 10.9 Å². The maximum absolute atomic E-state index is 12.1. The van der Waals surface area contributed by atoms with E-state index >= 15 is 0 Å². The fraction of sp³-hybridized carbons (Fsp3) is 0.238. The number of aromatic nitrogens is 1. The monoisotopic (exact) mass is 398 g/mol. The molecule has 1 heterocycles. The molecule has 1 aromatic heterocycles. The summed E-state index contributed by atoms with van der Waals surface area (Å²) < 4.78 is 5.30. The van der Waals surface area contributed by atoms with E-state index in [0.29, 0.717) is 23.0 Å². The minimum absolute atomic E-state index is 0.258. The Bertz CT molecular complexity index is 978. The quantitative estimate of drug-likeness (QED) is 0.498. The van der Waals surface area contributed by atoms with Crippen molar-refractivity contribution in [1.29, 1.82) is 0 Å². The van der Waals surface area contributed by atoms with E-state index in [-0.39, 0.29) is 6.03 Å². The topological polar surface area (TPSA) is 75.3 Å². The van der Waals surface area contributed by atoms with Gasteiger partial charge in [-0.1, -0.05) is 17.7 Å². The molecule has 0 spiro atoms. The molecule has 7 heteroatoms. The van der Waals surface area contributed by atoms with Crippen molar-refractivity contribution in [3.05, 3.63) is 59.2 Å². The number of carbonyl (C=O) groups excluding carboxylic acids is 1. The van der Waals surface area contributed by atoms with Crippen molar-refractivity contribution in [3.8, 4) is 5.75 Å². The lowest BCUT2D eigenvalue weighted by Gasteiger charge is -2.12. The van der Waals surface area contributed by atoms with E-state index < -0.39 is 0 Å². The Morgan fingerprint density at radius 1 is 1.11 bits per heavy atom.